The number of nitrogens with zero attached hydrogens (tertiary/aromatic N) is 1. The normalized spacial score (nSPS) is 14.5. The summed E-state index contributed by atoms with van der Waals surface area (Å²) in [7, 11) is 0. The van der Waals surface area contributed by atoms with E-state index >= 15 is 0 Å². The standard InChI is InChI=1S/C23H12Br3Cl2NO3/c24-15-3-1-2-12(6-15)11-31-21-16(25)7-13(8-17(21)26)9-20-23(30)32-22(29-20)14-4-5-18(27)19(28)10-14/h1-10H,11H2/b20-9-. The van der Waals surface area contributed by atoms with Crippen molar-refractivity contribution >= 4 is 88.9 Å². The Morgan fingerprint density at radius 1 is 0.969 bits per heavy atom. The van der Waals surface area contributed by atoms with Crippen molar-refractivity contribution in [1.82, 2.24) is 0 Å². The molecule has 0 N–H and O–H groups in total. The fourth-order valence-electron chi connectivity index (χ4n) is 2.90. The number of ether oxygens (including phenoxy) is 2. The van der Waals surface area contributed by atoms with E-state index in [0.717, 1.165) is 24.5 Å². The summed E-state index contributed by atoms with van der Waals surface area (Å²) in [6, 6.07) is 16.5. The van der Waals surface area contributed by atoms with Gasteiger partial charge < -0.3 is 9.47 Å². The summed E-state index contributed by atoms with van der Waals surface area (Å²) >= 11 is 22.5. The minimum atomic E-state index is -0.548. The van der Waals surface area contributed by atoms with Gasteiger partial charge in [-0.1, -0.05) is 51.3 Å². The van der Waals surface area contributed by atoms with Gasteiger partial charge in [0.25, 0.3) is 0 Å². The first-order chi connectivity index (χ1) is 15.3. The number of hydrogen-bond acceptors (Lipinski definition) is 4. The molecule has 3 aromatic rings. The summed E-state index contributed by atoms with van der Waals surface area (Å²) in [6.45, 7) is 0.403. The van der Waals surface area contributed by atoms with Crippen LogP contribution in [0, 0.1) is 0 Å². The molecular formula is C23H12Br3Cl2NO3. The molecule has 1 aliphatic rings. The number of benzene rings is 3. The van der Waals surface area contributed by atoms with Gasteiger partial charge in [-0.05, 0) is 91.5 Å². The van der Waals surface area contributed by atoms with E-state index in [4.69, 9.17) is 32.7 Å². The SMILES string of the molecule is O=C1OC(c2ccc(Cl)c(Cl)c2)=N/C1=C\c1cc(Br)c(OCc2cccc(Br)c2)c(Br)c1. The predicted octanol–water partition coefficient (Wildman–Crippen LogP) is 8.20. The van der Waals surface area contributed by atoms with Crippen molar-refractivity contribution in [3.8, 4) is 5.75 Å². The lowest BCUT2D eigenvalue weighted by atomic mass is 10.2. The monoisotopic (exact) mass is 657 g/mol. The molecular weight excluding hydrogens is 649 g/mol. The van der Waals surface area contributed by atoms with Gasteiger partial charge in [0, 0.05) is 10.0 Å². The number of aliphatic imine (C=N–C) groups is 1. The number of carbonyl (C=O) groups is 1. The summed E-state index contributed by atoms with van der Waals surface area (Å²) in [5, 5.41) is 0.764. The maximum atomic E-state index is 12.3. The van der Waals surface area contributed by atoms with Crippen LogP contribution in [0.4, 0.5) is 0 Å². The second-order valence-corrected chi connectivity index (χ2v) is 10.1. The molecule has 0 saturated carbocycles. The maximum Gasteiger partial charge on any atom is 0.363 e. The van der Waals surface area contributed by atoms with Crippen LogP contribution in [0.1, 0.15) is 16.7 Å². The van der Waals surface area contributed by atoms with Crippen molar-refractivity contribution in [1.29, 1.82) is 0 Å². The van der Waals surface area contributed by atoms with E-state index in [2.05, 4.69) is 52.8 Å². The molecule has 0 aliphatic carbocycles. The number of cyclic esters (lactones) is 1. The van der Waals surface area contributed by atoms with Gasteiger partial charge in [0.1, 0.15) is 12.4 Å². The van der Waals surface area contributed by atoms with Gasteiger partial charge >= 0.3 is 5.97 Å². The molecule has 4 rings (SSSR count). The van der Waals surface area contributed by atoms with Crippen LogP contribution in [-0.4, -0.2) is 11.9 Å². The molecule has 0 bridgehead atoms. The summed E-state index contributed by atoms with van der Waals surface area (Å²) in [5.41, 5.74) is 2.51. The first-order valence-corrected chi connectivity index (χ1v) is 12.3. The Labute approximate surface area is 219 Å². The number of halogens is 5. The minimum absolute atomic E-state index is 0.173. The van der Waals surface area contributed by atoms with Crippen molar-refractivity contribution in [2.75, 3.05) is 0 Å². The van der Waals surface area contributed by atoms with E-state index in [1.807, 2.05) is 36.4 Å². The summed E-state index contributed by atoms with van der Waals surface area (Å²) in [4.78, 5) is 16.6. The van der Waals surface area contributed by atoms with Gasteiger partial charge in [0.15, 0.2) is 5.70 Å². The molecule has 3 aromatic carbocycles. The molecule has 0 spiro atoms. The fraction of sp³-hybridized carbons (Fsp3) is 0.0435. The third kappa shape index (κ3) is 5.46. The highest BCUT2D eigenvalue weighted by Crippen LogP contribution is 2.36. The van der Waals surface area contributed by atoms with Crippen molar-refractivity contribution in [3.63, 3.8) is 0 Å². The highest BCUT2D eigenvalue weighted by Gasteiger charge is 2.25. The molecule has 4 nitrogen and oxygen atoms in total. The summed E-state index contributed by atoms with van der Waals surface area (Å²) in [5.74, 6) is 0.279. The Bertz CT molecular complexity index is 1270. The van der Waals surface area contributed by atoms with Gasteiger partial charge in [-0.15, -0.1) is 0 Å². The van der Waals surface area contributed by atoms with Crippen molar-refractivity contribution in [3.05, 3.63) is 100 Å². The van der Waals surface area contributed by atoms with Gasteiger partial charge in [0.05, 0.1) is 19.0 Å². The number of carbonyl (C=O) groups excluding carboxylic acids is 1. The van der Waals surface area contributed by atoms with E-state index in [0.29, 0.717) is 28.0 Å². The first-order valence-electron chi connectivity index (χ1n) is 9.14. The molecule has 0 radical (unpaired) electrons. The van der Waals surface area contributed by atoms with Gasteiger partial charge in [-0.2, -0.15) is 0 Å². The molecule has 0 saturated heterocycles. The first kappa shape index (κ1) is 23.5. The van der Waals surface area contributed by atoms with Gasteiger partial charge in [-0.25, -0.2) is 9.79 Å². The van der Waals surface area contributed by atoms with E-state index in [1.54, 1.807) is 24.3 Å². The van der Waals surface area contributed by atoms with Crippen molar-refractivity contribution < 1.29 is 14.3 Å². The number of rotatable bonds is 5. The molecule has 1 heterocycles. The lowest BCUT2D eigenvalue weighted by Gasteiger charge is -2.12. The zero-order chi connectivity index (χ0) is 22.8. The van der Waals surface area contributed by atoms with Gasteiger partial charge in [0.2, 0.25) is 5.90 Å². The highest BCUT2D eigenvalue weighted by molar-refractivity contribution is 9.11. The Morgan fingerprint density at radius 2 is 1.72 bits per heavy atom. The minimum Gasteiger partial charge on any atom is -0.487 e. The van der Waals surface area contributed by atoms with E-state index in [-0.39, 0.29) is 11.6 Å². The second-order valence-electron chi connectivity index (χ2n) is 6.70. The largest absolute Gasteiger partial charge is 0.487 e. The van der Waals surface area contributed by atoms with Crippen LogP contribution >= 0.6 is 71.0 Å². The predicted molar refractivity (Wildman–Crippen MR) is 137 cm³/mol. The van der Waals surface area contributed by atoms with Crippen LogP contribution in [0.3, 0.4) is 0 Å². The van der Waals surface area contributed by atoms with Crippen LogP contribution in [0.5, 0.6) is 5.75 Å². The zero-order valence-corrected chi connectivity index (χ0v) is 22.3. The molecule has 0 unspecified atom stereocenters. The van der Waals surface area contributed by atoms with Crippen LogP contribution in [0.2, 0.25) is 10.0 Å². The molecule has 1 aliphatic heterocycles. The Morgan fingerprint density at radius 3 is 2.41 bits per heavy atom. The molecule has 9 heteroatoms. The van der Waals surface area contributed by atoms with E-state index in [1.165, 1.54) is 0 Å². The molecule has 162 valence electrons. The van der Waals surface area contributed by atoms with E-state index in [9.17, 15) is 4.79 Å². The van der Waals surface area contributed by atoms with Gasteiger partial charge in [-0.3, -0.25) is 0 Å². The fourth-order valence-corrected chi connectivity index (χ4v) is 5.10. The molecule has 32 heavy (non-hydrogen) atoms. The Hall–Kier alpha value is -1.64. The third-order valence-electron chi connectivity index (χ3n) is 4.38. The lowest BCUT2D eigenvalue weighted by Crippen LogP contribution is -2.05. The average molecular weight is 661 g/mol. The Kier molecular flexibility index (Phi) is 7.42. The van der Waals surface area contributed by atoms with Crippen molar-refractivity contribution in [2.45, 2.75) is 6.61 Å². The topological polar surface area (TPSA) is 47.9 Å². The molecule has 0 fully saturated rings. The summed E-state index contributed by atoms with van der Waals surface area (Å²) < 4.78 is 13.7. The lowest BCUT2D eigenvalue weighted by molar-refractivity contribution is -0.129. The Balaban J connectivity index is 1.56. The highest BCUT2D eigenvalue weighted by atomic mass is 79.9. The smallest absolute Gasteiger partial charge is 0.363 e. The maximum absolute atomic E-state index is 12.3. The van der Waals surface area contributed by atoms with Crippen LogP contribution in [0.15, 0.2) is 78.7 Å². The molecule has 0 amide bonds. The van der Waals surface area contributed by atoms with E-state index < -0.39 is 5.97 Å². The van der Waals surface area contributed by atoms with Crippen LogP contribution in [-0.2, 0) is 16.1 Å². The zero-order valence-electron chi connectivity index (χ0n) is 16.0. The quantitative estimate of drug-likeness (QED) is 0.205. The van der Waals surface area contributed by atoms with Crippen LogP contribution < -0.4 is 4.74 Å². The molecule has 0 atom stereocenters. The summed E-state index contributed by atoms with van der Waals surface area (Å²) in [6.07, 6.45) is 1.64. The van der Waals surface area contributed by atoms with Crippen molar-refractivity contribution in [2.24, 2.45) is 4.99 Å². The van der Waals surface area contributed by atoms with Crippen LogP contribution in [0.25, 0.3) is 6.08 Å². The second kappa shape index (κ2) is 10.1. The number of hydrogen-bond donors (Lipinski definition) is 0. The molecule has 0 aromatic heterocycles. The number of esters is 1. The third-order valence-corrected chi connectivity index (χ3v) is 6.79. The average Bonchev–Trinajstić information content (AvgIpc) is 3.10.